The normalized spacial score (nSPS) is 11.1. The number of anilines is 4. The van der Waals surface area contributed by atoms with Gasteiger partial charge in [-0.3, -0.25) is 15.0 Å². The third-order valence-electron chi connectivity index (χ3n) is 14.3. The summed E-state index contributed by atoms with van der Waals surface area (Å²) >= 11 is 6.05. The molecule has 0 aliphatic rings. The molecule has 0 saturated heterocycles. The van der Waals surface area contributed by atoms with Crippen molar-refractivity contribution in [2.24, 2.45) is 30.7 Å². The van der Waals surface area contributed by atoms with Crippen LogP contribution in [0.3, 0.4) is 0 Å². The van der Waals surface area contributed by atoms with Gasteiger partial charge in [-0.05, 0) is 175 Å². The van der Waals surface area contributed by atoms with E-state index in [1.807, 2.05) is 121 Å². The third-order valence-corrected chi connectivity index (χ3v) is 14.8. The second-order valence-electron chi connectivity index (χ2n) is 21.1. The molecular formula is C67H75ClN16O4. The quantitative estimate of drug-likeness (QED) is 0.0343. The van der Waals surface area contributed by atoms with Crippen molar-refractivity contribution in [2.45, 2.75) is 82.1 Å². The highest BCUT2D eigenvalue weighted by Crippen LogP contribution is 2.42. The Morgan fingerprint density at radius 2 is 1.12 bits per heavy atom. The molecule has 6 aromatic carbocycles. The van der Waals surface area contributed by atoms with Crippen molar-refractivity contribution >= 4 is 86.4 Å². The van der Waals surface area contributed by atoms with Crippen LogP contribution in [0.15, 0.2) is 164 Å². The van der Waals surface area contributed by atoms with Gasteiger partial charge in [-0.15, -0.1) is 35.8 Å². The number of esters is 1. The van der Waals surface area contributed by atoms with Crippen LogP contribution >= 0.6 is 11.6 Å². The van der Waals surface area contributed by atoms with E-state index < -0.39 is 11.9 Å². The number of nitrogens with zero attached hydrogens (tertiary/aromatic N) is 12. The number of para-hydroxylation sites is 1. The van der Waals surface area contributed by atoms with Crippen molar-refractivity contribution in [3.63, 3.8) is 0 Å². The van der Waals surface area contributed by atoms with Crippen LogP contribution in [-0.4, -0.2) is 78.0 Å². The SMILES string of the molecule is CCN(C)c1ccc(N=Nc2n[nH]c(C(C)C)c2Oc2ccc(C)cc2)c(C)c1.CCN(C)c1ccc(N=Nc2n[nH]c(C)c2Cl)c(C)c1.[C-]#[N+]c1c(OC(=O)c2ccccc2)[nH]c(N=Nc2ccc(N(C)CC)cc2C)c1C(=O)Nc1ccccc1C. The van der Waals surface area contributed by atoms with Crippen LogP contribution in [0.25, 0.3) is 4.85 Å². The summed E-state index contributed by atoms with van der Waals surface area (Å²) in [7, 11) is 6.13. The summed E-state index contributed by atoms with van der Waals surface area (Å²) in [6, 6.07) is 41.6. The largest absolute Gasteiger partial charge is 0.451 e. The lowest BCUT2D eigenvalue weighted by Crippen LogP contribution is -2.15. The number of aromatic nitrogens is 5. The molecule has 0 atom stereocenters. The van der Waals surface area contributed by atoms with E-state index >= 15 is 0 Å². The number of hydrogen-bond acceptors (Lipinski definition) is 15. The van der Waals surface area contributed by atoms with Crippen LogP contribution in [0.1, 0.15) is 100 Å². The molecule has 3 heterocycles. The van der Waals surface area contributed by atoms with E-state index in [0.29, 0.717) is 39.3 Å². The third kappa shape index (κ3) is 16.8. The van der Waals surface area contributed by atoms with Crippen molar-refractivity contribution < 1.29 is 19.1 Å². The average molecular weight is 1200 g/mol. The number of benzene rings is 6. The lowest BCUT2D eigenvalue weighted by molar-refractivity contribution is 0.0729. The first-order chi connectivity index (χ1) is 42.2. The zero-order valence-corrected chi connectivity index (χ0v) is 53.0. The summed E-state index contributed by atoms with van der Waals surface area (Å²) in [5, 5.41) is 43.3. The molecule has 0 unspecified atom stereocenters. The Kier molecular flexibility index (Phi) is 22.8. The van der Waals surface area contributed by atoms with Crippen molar-refractivity contribution in [3.05, 3.63) is 200 Å². The van der Waals surface area contributed by atoms with Gasteiger partial charge in [0.1, 0.15) is 10.8 Å². The highest BCUT2D eigenvalue weighted by atomic mass is 35.5. The molecule has 0 bridgehead atoms. The van der Waals surface area contributed by atoms with E-state index in [1.165, 1.54) is 5.56 Å². The van der Waals surface area contributed by atoms with Gasteiger partial charge in [0.25, 0.3) is 5.69 Å². The second-order valence-corrected chi connectivity index (χ2v) is 21.4. The molecule has 21 heteroatoms. The minimum Gasteiger partial charge on any atom is -0.451 e. The first-order valence-electron chi connectivity index (χ1n) is 28.7. The van der Waals surface area contributed by atoms with Gasteiger partial charge in [0.2, 0.25) is 23.4 Å². The Balaban J connectivity index is 0.000000199. The van der Waals surface area contributed by atoms with Crippen molar-refractivity contribution in [1.82, 2.24) is 25.4 Å². The molecule has 0 saturated carbocycles. The minimum absolute atomic E-state index is 0.00269. The molecule has 0 radical (unpaired) electrons. The number of H-pyrrole nitrogens is 3. The van der Waals surface area contributed by atoms with Gasteiger partial charge in [-0.1, -0.05) is 79.5 Å². The van der Waals surface area contributed by atoms with Crippen LogP contribution in [0, 0.1) is 48.1 Å². The first-order valence-corrected chi connectivity index (χ1v) is 29.1. The number of aryl methyl sites for hydroxylation is 6. The van der Waals surface area contributed by atoms with E-state index in [1.54, 1.807) is 42.5 Å². The molecule has 9 rings (SSSR count). The Hall–Kier alpha value is -10.3. The number of carbonyl (C=O) groups is 2. The first kappa shape index (κ1) is 65.3. The van der Waals surface area contributed by atoms with Crippen molar-refractivity contribution in [3.8, 4) is 17.4 Å². The molecule has 0 fully saturated rings. The molecule has 9 aromatic rings. The van der Waals surface area contributed by atoms with Gasteiger partial charge < -0.3 is 34.5 Å². The topological polar surface area (TPSA) is 226 Å². The Morgan fingerprint density at radius 1 is 0.625 bits per heavy atom. The summed E-state index contributed by atoms with van der Waals surface area (Å²) in [5.74, 6) is 1.00. The van der Waals surface area contributed by atoms with Gasteiger partial charge in [0.15, 0.2) is 11.6 Å². The fourth-order valence-corrected chi connectivity index (χ4v) is 8.58. The van der Waals surface area contributed by atoms with Crippen LogP contribution in [0.5, 0.6) is 17.4 Å². The fourth-order valence-electron chi connectivity index (χ4n) is 8.46. The number of azo groups is 3. The number of nitrogens with one attached hydrogen (secondary N) is 4. The lowest BCUT2D eigenvalue weighted by atomic mass is 10.1. The predicted octanol–water partition coefficient (Wildman–Crippen LogP) is 18.9. The Bertz CT molecular complexity index is 3990. The standard InChI is InChI=1S/C30H28N6O3.C23H29N5O.C14H18ClN5/c1-6-36(5)22-16-17-24(20(3)18-22)34-35-27-25(28(37)32-23-15-11-10-12-19(23)2)26(31-4)29(33-27)39-30(38)21-13-8-7-9-14-21;1-7-28(6)18-10-13-20(17(5)14-18)24-26-23-22(21(15(2)3)25-27-23)29-19-11-8-16(4)9-12-19;1-5-20(4)11-6-7-12(9(2)8-11)17-19-14-13(15)10(3)16-18-14/h7-18,33H,6H2,1-3,5H3,(H,32,37);8-15H,7H2,1-6H3,(H,25,27);6-8H,5H2,1-4H3,(H,16,18). The number of rotatable bonds is 19. The number of ether oxygens (including phenoxy) is 2. The van der Waals surface area contributed by atoms with E-state index in [9.17, 15) is 9.59 Å². The number of halogens is 1. The Labute approximate surface area is 519 Å². The van der Waals surface area contributed by atoms with Gasteiger partial charge >= 0.3 is 5.97 Å². The van der Waals surface area contributed by atoms with Gasteiger partial charge in [-0.2, -0.15) is 5.10 Å². The van der Waals surface area contributed by atoms with Crippen LogP contribution in [0.4, 0.5) is 63.0 Å². The number of hydrogen-bond donors (Lipinski definition) is 4. The zero-order valence-electron chi connectivity index (χ0n) is 52.3. The molecule has 4 N–H and O–H groups in total. The van der Waals surface area contributed by atoms with E-state index in [2.05, 4.69) is 148 Å². The smallest absolute Gasteiger partial charge is 0.343 e. The molecule has 454 valence electrons. The second kappa shape index (κ2) is 30.7. The number of amides is 1. The molecule has 0 aliphatic heterocycles. The van der Waals surface area contributed by atoms with Crippen LogP contribution < -0.4 is 29.5 Å². The Morgan fingerprint density at radius 3 is 1.60 bits per heavy atom. The van der Waals surface area contributed by atoms with E-state index in [0.717, 1.165) is 87.5 Å². The number of carbonyl (C=O) groups excluding carboxylic acids is 2. The van der Waals surface area contributed by atoms with Crippen LogP contribution in [0.2, 0.25) is 5.02 Å². The summed E-state index contributed by atoms with van der Waals surface area (Å²) in [4.78, 5) is 39.0. The van der Waals surface area contributed by atoms with Crippen LogP contribution in [-0.2, 0) is 0 Å². The lowest BCUT2D eigenvalue weighted by Gasteiger charge is -2.17. The fraction of sp³-hybridized carbons (Fsp3) is 0.269. The maximum atomic E-state index is 13.4. The van der Waals surface area contributed by atoms with Gasteiger partial charge in [0.05, 0.1) is 46.1 Å². The summed E-state index contributed by atoms with van der Waals surface area (Å²) < 4.78 is 11.6. The molecule has 0 spiro atoms. The average Bonchev–Trinajstić information content (AvgIpc) is 2.17. The maximum absolute atomic E-state index is 13.4. The highest BCUT2D eigenvalue weighted by Gasteiger charge is 2.28. The van der Waals surface area contributed by atoms with Crippen molar-refractivity contribution in [1.29, 1.82) is 0 Å². The highest BCUT2D eigenvalue weighted by molar-refractivity contribution is 6.33. The van der Waals surface area contributed by atoms with Gasteiger partial charge in [0, 0.05) is 63.5 Å². The molecular weight excluding hydrogens is 1130 g/mol. The van der Waals surface area contributed by atoms with E-state index in [-0.39, 0.29) is 28.9 Å². The molecule has 1 amide bonds. The van der Waals surface area contributed by atoms with Gasteiger partial charge in [-0.25, -0.2) is 9.64 Å². The zero-order chi connectivity index (χ0) is 63.6. The van der Waals surface area contributed by atoms with Crippen molar-refractivity contribution in [2.75, 3.05) is 60.8 Å². The monoisotopic (exact) mass is 1200 g/mol. The minimum atomic E-state index is -0.678. The predicted molar refractivity (Wildman–Crippen MR) is 353 cm³/mol. The van der Waals surface area contributed by atoms with E-state index in [4.69, 9.17) is 27.6 Å². The number of aromatic amines is 3. The summed E-state index contributed by atoms with van der Waals surface area (Å²) in [5.41, 5.74) is 12.9. The molecule has 0 aliphatic carbocycles. The molecule has 88 heavy (non-hydrogen) atoms. The summed E-state index contributed by atoms with van der Waals surface area (Å²) in [6.07, 6.45) is 0. The molecule has 3 aromatic heterocycles. The maximum Gasteiger partial charge on any atom is 0.343 e. The summed E-state index contributed by atoms with van der Waals surface area (Å²) in [6.45, 7) is 32.7. The molecule has 20 nitrogen and oxygen atoms in total.